The highest BCUT2D eigenvalue weighted by molar-refractivity contribution is 5.70. The van der Waals surface area contributed by atoms with E-state index in [1.807, 2.05) is 26.8 Å². The summed E-state index contributed by atoms with van der Waals surface area (Å²) in [5, 5.41) is 0. The van der Waals surface area contributed by atoms with Crippen LogP contribution in [0.4, 0.5) is 4.79 Å². The van der Waals surface area contributed by atoms with Gasteiger partial charge in [-0.15, -0.1) is 0 Å². The molecule has 0 bridgehead atoms. The van der Waals surface area contributed by atoms with Gasteiger partial charge in [0.2, 0.25) is 5.88 Å². The van der Waals surface area contributed by atoms with E-state index in [0.29, 0.717) is 24.6 Å². The number of rotatable bonds is 2. The number of ether oxygens (including phenoxy) is 2. The standard InChI is InChI=1S/C15H20N4O3/c1-15(2,3)22-14(20)19-7-6-10(8-19)21-12-5-4-11-13(18-12)17-9-16-11/h4-5,9-10H,6-8H2,1-3H3,(H,16,17,18). The minimum absolute atomic E-state index is 0.0728. The summed E-state index contributed by atoms with van der Waals surface area (Å²) in [4.78, 5) is 25.1. The van der Waals surface area contributed by atoms with Crippen LogP contribution in [-0.4, -0.2) is 50.7 Å². The number of aromatic amines is 1. The van der Waals surface area contributed by atoms with Gasteiger partial charge >= 0.3 is 6.09 Å². The molecule has 0 spiro atoms. The number of fused-ring (bicyclic) bond motifs is 1. The monoisotopic (exact) mass is 304 g/mol. The molecule has 1 N–H and O–H groups in total. The predicted octanol–water partition coefficient (Wildman–Crippen LogP) is 2.35. The molecule has 118 valence electrons. The summed E-state index contributed by atoms with van der Waals surface area (Å²) in [6, 6.07) is 3.68. The molecule has 7 heteroatoms. The van der Waals surface area contributed by atoms with Crippen molar-refractivity contribution >= 4 is 17.3 Å². The van der Waals surface area contributed by atoms with Crippen molar-refractivity contribution in [1.29, 1.82) is 0 Å². The van der Waals surface area contributed by atoms with Crippen molar-refractivity contribution in [2.75, 3.05) is 13.1 Å². The van der Waals surface area contributed by atoms with Gasteiger partial charge < -0.3 is 19.4 Å². The molecule has 1 aliphatic rings. The summed E-state index contributed by atoms with van der Waals surface area (Å²) in [6.07, 6.45) is 1.99. The number of imidazole rings is 1. The van der Waals surface area contributed by atoms with E-state index in [0.717, 1.165) is 11.9 Å². The molecule has 3 rings (SSSR count). The molecule has 1 unspecified atom stereocenters. The minimum Gasteiger partial charge on any atom is -0.472 e. The molecule has 1 atom stereocenters. The van der Waals surface area contributed by atoms with Gasteiger partial charge in [-0.05, 0) is 26.8 Å². The van der Waals surface area contributed by atoms with E-state index in [-0.39, 0.29) is 12.2 Å². The van der Waals surface area contributed by atoms with E-state index >= 15 is 0 Å². The highest BCUT2D eigenvalue weighted by Crippen LogP contribution is 2.20. The van der Waals surface area contributed by atoms with E-state index in [4.69, 9.17) is 9.47 Å². The molecule has 1 amide bonds. The summed E-state index contributed by atoms with van der Waals surface area (Å²) >= 11 is 0. The van der Waals surface area contributed by atoms with Crippen LogP contribution >= 0.6 is 0 Å². The first-order valence-electron chi connectivity index (χ1n) is 7.35. The molecule has 1 fully saturated rings. The third-order valence-corrected chi connectivity index (χ3v) is 3.34. The summed E-state index contributed by atoms with van der Waals surface area (Å²) in [5.41, 5.74) is 1.01. The van der Waals surface area contributed by atoms with E-state index in [2.05, 4.69) is 15.0 Å². The molecule has 7 nitrogen and oxygen atoms in total. The second kappa shape index (κ2) is 5.47. The van der Waals surface area contributed by atoms with Crippen LogP contribution in [-0.2, 0) is 4.74 Å². The number of nitrogens with zero attached hydrogens (tertiary/aromatic N) is 3. The van der Waals surface area contributed by atoms with Gasteiger partial charge in [-0.3, -0.25) is 0 Å². The van der Waals surface area contributed by atoms with Crippen LogP contribution in [0.2, 0.25) is 0 Å². The Morgan fingerprint density at radius 2 is 2.23 bits per heavy atom. The van der Waals surface area contributed by atoms with Crippen LogP contribution in [0.5, 0.6) is 5.88 Å². The third-order valence-electron chi connectivity index (χ3n) is 3.34. The van der Waals surface area contributed by atoms with Gasteiger partial charge in [0.15, 0.2) is 5.65 Å². The lowest BCUT2D eigenvalue weighted by atomic mass is 10.2. The van der Waals surface area contributed by atoms with Crippen LogP contribution in [0.25, 0.3) is 11.2 Å². The maximum atomic E-state index is 12.0. The molecule has 0 saturated carbocycles. The highest BCUT2D eigenvalue weighted by Gasteiger charge is 2.31. The minimum atomic E-state index is -0.484. The molecule has 2 aromatic heterocycles. The molecule has 2 aromatic rings. The molecular weight excluding hydrogens is 284 g/mol. The van der Waals surface area contributed by atoms with E-state index < -0.39 is 5.60 Å². The molecule has 1 aliphatic heterocycles. The van der Waals surface area contributed by atoms with Gasteiger partial charge in [0.1, 0.15) is 11.7 Å². The third kappa shape index (κ3) is 3.29. The second-order valence-corrected chi connectivity index (χ2v) is 6.38. The van der Waals surface area contributed by atoms with E-state index in [1.54, 1.807) is 17.3 Å². The highest BCUT2D eigenvalue weighted by atomic mass is 16.6. The number of carbonyl (C=O) groups excluding carboxylic acids is 1. The summed E-state index contributed by atoms with van der Waals surface area (Å²) in [7, 11) is 0. The summed E-state index contributed by atoms with van der Waals surface area (Å²) in [5.74, 6) is 0.524. The second-order valence-electron chi connectivity index (χ2n) is 6.38. The van der Waals surface area contributed by atoms with Crippen LogP contribution in [0.3, 0.4) is 0 Å². The number of aromatic nitrogens is 3. The van der Waals surface area contributed by atoms with Crippen molar-refractivity contribution in [3.05, 3.63) is 18.5 Å². The van der Waals surface area contributed by atoms with Gasteiger partial charge in [-0.1, -0.05) is 0 Å². The maximum Gasteiger partial charge on any atom is 0.410 e. The first-order chi connectivity index (χ1) is 10.4. The SMILES string of the molecule is CC(C)(C)OC(=O)N1CCC(Oc2ccc3[nH]cnc3n2)C1. The lowest BCUT2D eigenvalue weighted by molar-refractivity contribution is 0.0275. The smallest absolute Gasteiger partial charge is 0.410 e. The molecule has 22 heavy (non-hydrogen) atoms. The average molecular weight is 304 g/mol. The quantitative estimate of drug-likeness (QED) is 0.921. The zero-order valence-corrected chi connectivity index (χ0v) is 13.0. The Morgan fingerprint density at radius 3 is 3.00 bits per heavy atom. The zero-order chi connectivity index (χ0) is 15.7. The largest absolute Gasteiger partial charge is 0.472 e. The number of likely N-dealkylation sites (tertiary alicyclic amines) is 1. The Balaban J connectivity index is 1.59. The van der Waals surface area contributed by atoms with Crippen molar-refractivity contribution in [2.24, 2.45) is 0 Å². The van der Waals surface area contributed by atoms with Crippen molar-refractivity contribution in [1.82, 2.24) is 19.9 Å². The summed E-state index contributed by atoms with van der Waals surface area (Å²) < 4.78 is 11.2. The average Bonchev–Trinajstić information content (AvgIpc) is 3.04. The topological polar surface area (TPSA) is 80.3 Å². The molecule has 3 heterocycles. The Hall–Kier alpha value is -2.31. The Morgan fingerprint density at radius 1 is 1.41 bits per heavy atom. The molecule has 0 radical (unpaired) electrons. The van der Waals surface area contributed by atoms with Crippen molar-refractivity contribution in [3.8, 4) is 5.88 Å². The first-order valence-corrected chi connectivity index (χ1v) is 7.35. The number of H-pyrrole nitrogens is 1. The predicted molar refractivity (Wildman–Crippen MR) is 80.7 cm³/mol. The number of carbonyl (C=O) groups is 1. The zero-order valence-electron chi connectivity index (χ0n) is 13.0. The van der Waals surface area contributed by atoms with Gasteiger partial charge in [-0.25, -0.2) is 9.78 Å². The van der Waals surface area contributed by atoms with E-state index in [1.165, 1.54) is 0 Å². The fraction of sp³-hybridized carbons (Fsp3) is 0.533. The first kappa shape index (κ1) is 14.6. The number of amides is 1. The molecule has 0 aromatic carbocycles. The molecular formula is C15H20N4O3. The van der Waals surface area contributed by atoms with Crippen LogP contribution < -0.4 is 4.74 Å². The Kier molecular flexibility index (Phi) is 3.64. The summed E-state index contributed by atoms with van der Waals surface area (Å²) in [6.45, 7) is 6.72. The van der Waals surface area contributed by atoms with Gasteiger partial charge in [0.25, 0.3) is 0 Å². The van der Waals surface area contributed by atoms with E-state index in [9.17, 15) is 4.79 Å². The van der Waals surface area contributed by atoms with Crippen molar-refractivity contribution in [3.63, 3.8) is 0 Å². The lowest BCUT2D eigenvalue weighted by Crippen LogP contribution is -2.36. The van der Waals surface area contributed by atoms with Crippen molar-refractivity contribution in [2.45, 2.75) is 38.9 Å². The van der Waals surface area contributed by atoms with Crippen LogP contribution in [0, 0.1) is 0 Å². The maximum absolute atomic E-state index is 12.0. The fourth-order valence-corrected chi connectivity index (χ4v) is 2.36. The van der Waals surface area contributed by atoms with Gasteiger partial charge in [0, 0.05) is 19.0 Å². The van der Waals surface area contributed by atoms with Gasteiger partial charge in [-0.2, -0.15) is 4.98 Å². The molecule has 1 saturated heterocycles. The number of nitrogens with one attached hydrogen (secondary N) is 1. The number of pyridine rings is 1. The van der Waals surface area contributed by atoms with Crippen LogP contribution in [0.1, 0.15) is 27.2 Å². The van der Waals surface area contributed by atoms with Crippen LogP contribution in [0.15, 0.2) is 18.5 Å². The lowest BCUT2D eigenvalue weighted by Gasteiger charge is -2.24. The van der Waals surface area contributed by atoms with Gasteiger partial charge in [0.05, 0.1) is 18.4 Å². The Labute approximate surface area is 128 Å². The molecule has 0 aliphatic carbocycles. The number of hydrogen-bond donors (Lipinski definition) is 1. The van der Waals surface area contributed by atoms with Crippen molar-refractivity contribution < 1.29 is 14.3 Å². The number of hydrogen-bond acceptors (Lipinski definition) is 5. The fourth-order valence-electron chi connectivity index (χ4n) is 2.36. The normalized spacial score (nSPS) is 18.7. The Bertz CT molecular complexity index is 677.